The third-order valence-electron chi connectivity index (χ3n) is 1.63. The van der Waals surface area contributed by atoms with E-state index in [1.165, 1.54) is 30.1 Å². The second-order valence-electron chi connectivity index (χ2n) is 2.41. The SMILES string of the molecule is Ic1nc(C2CCCS2)ns1. The summed E-state index contributed by atoms with van der Waals surface area (Å²) < 4.78 is 5.36. The molecule has 0 saturated carbocycles. The van der Waals surface area contributed by atoms with Crippen molar-refractivity contribution >= 4 is 45.9 Å². The second kappa shape index (κ2) is 3.57. The summed E-state index contributed by atoms with van der Waals surface area (Å²) >= 11 is 5.71. The summed E-state index contributed by atoms with van der Waals surface area (Å²) in [5, 5.41) is 0.592. The fourth-order valence-electron chi connectivity index (χ4n) is 1.13. The van der Waals surface area contributed by atoms with Crippen LogP contribution >= 0.6 is 45.9 Å². The van der Waals surface area contributed by atoms with Crippen molar-refractivity contribution < 1.29 is 0 Å². The van der Waals surface area contributed by atoms with Crippen molar-refractivity contribution in [2.75, 3.05) is 5.75 Å². The van der Waals surface area contributed by atoms with E-state index in [4.69, 9.17) is 0 Å². The van der Waals surface area contributed by atoms with Gasteiger partial charge >= 0.3 is 0 Å². The molecule has 1 aliphatic heterocycles. The van der Waals surface area contributed by atoms with Gasteiger partial charge < -0.3 is 0 Å². The molecule has 1 aromatic heterocycles. The highest BCUT2D eigenvalue weighted by molar-refractivity contribution is 14.1. The van der Waals surface area contributed by atoms with Gasteiger partial charge in [-0.15, -0.1) is 0 Å². The summed E-state index contributed by atoms with van der Waals surface area (Å²) in [5.74, 6) is 2.34. The first-order valence-electron chi connectivity index (χ1n) is 3.47. The van der Waals surface area contributed by atoms with E-state index in [0.717, 1.165) is 8.84 Å². The van der Waals surface area contributed by atoms with Gasteiger partial charge in [0.05, 0.1) is 5.25 Å². The van der Waals surface area contributed by atoms with E-state index in [0.29, 0.717) is 5.25 Å². The lowest BCUT2D eigenvalue weighted by Crippen LogP contribution is -1.90. The minimum absolute atomic E-state index is 0.592. The number of thioether (sulfide) groups is 1. The van der Waals surface area contributed by atoms with Gasteiger partial charge in [-0.25, -0.2) is 4.98 Å². The zero-order valence-corrected chi connectivity index (χ0v) is 9.58. The average molecular weight is 298 g/mol. The van der Waals surface area contributed by atoms with Gasteiger partial charge in [0.2, 0.25) is 0 Å². The van der Waals surface area contributed by atoms with Gasteiger partial charge in [-0.05, 0) is 52.7 Å². The number of nitrogens with zero attached hydrogens (tertiary/aromatic N) is 2. The molecule has 2 heterocycles. The lowest BCUT2D eigenvalue weighted by Gasteiger charge is -1.99. The predicted molar refractivity (Wildman–Crippen MR) is 57.1 cm³/mol. The van der Waals surface area contributed by atoms with E-state index < -0.39 is 0 Å². The Hall–Kier alpha value is 0.640. The number of hydrogen-bond acceptors (Lipinski definition) is 4. The Morgan fingerprint density at radius 2 is 2.45 bits per heavy atom. The van der Waals surface area contributed by atoms with Crippen LogP contribution in [-0.4, -0.2) is 15.1 Å². The summed E-state index contributed by atoms with van der Waals surface area (Å²) in [7, 11) is 0. The predicted octanol–water partition coefficient (Wildman–Crippen LogP) is 2.71. The van der Waals surface area contributed by atoms with Gasteiger partial charge in [0.1, 0.15) is 0 Å². The van der Waals surface area contributed by atoms with Crippen LogP contribution in [0.1, 0.15) is 23.9 Å². The molecule has 1 unspecified atom stereocenters. The summed E-state index contributed by atoms with van der Waals surface area (Å²) in [4.78, 5) is 4.37. The summed E-state index contributed by atoms with van der Waals surface area (Å²) in [6, 6.07) is 0. The molecule has 1 aromatic rings. The minimum Gasteiger partial charge on any atom is -0.212 e. The summed E-state index contributed by atoms with van der Waals surface area (Å²) in [6.07, 6.45) is 2.59. The fourth-order valence-corrected chi connectivity index (χ4v) is 3.41. The molecule has 1 fully saturated rings. The molecule has 2 rings (SSSR count). The van der Waals surface area contributed by atoms with Crippen molar-refractivity contribution in [3.8, 4) is 0 Å². The van der Waals surface area contributed by atoms with Crippen LogP contribution in [-0.2, 0) is 0 Å². The van der Waals surface area contributed by atoms with Crippen molar-refractivity contribution in [3.63, 3.8) is 0 Å². The smallest absolute Gasteiger partial charge is 0.174 e. The van der Waals surface area contributed by atoms with E-state index in [2.05, 4.69) is 31.9 Å². The molecular formula is C6H7IN2S2. The first-order chi connectivity index (χ1) is 5.36. The number of rotatable bonds is 1. The third kappa shape index (κ3) is 1.86. The molecule has 1 atom stereocenters. The number of hydrogen-bond donors (Lipinski definition) is 0. The van der Waals surface area contributed by atoms with E-state index in [1.54, 1.807) is 0 Å². The molecule has 0 aliphatic carbocycles. The van der Waals surface area contributed by atoms with E-state index in [1.807, 2.05) is 11.8 Å². The Morgan fingerprint density at radius 1 is 1.55 bits per heavy atom. The van der Waals surface area contributed by atoms with Crippen LogP contribution in [0, 0.1) is 3.01 Å². The molecule has 11 heavy (non-hydrogen) atoms. The molecule has 1 aliphatic rings. The van der Waals surface area contributed by atoms with Crippen LogP contribution in [0.4, 0.5) is 0 Å². The molecule has 0 radical (unpaired) electrons. The van der Waals surface area contributed by atoms with Crippen LogP contribution in [0.5, 0.6) is 0 Å². The molecular weight excluding hydrogens is 291 g/mol. The second-order valence-corrected chi connectivity index (χ2v) is 6.22. The first kappa shape index (κ1) is 8.25. The summed E-state index contributed by atoms with van der Waals surface area (Å²) in [6.45, 7) is 0. The maximum Gasteiger partial charge on any atom is 0.174 e. The topological polar surface area (TPSA) is 25.8 Å². The zero-order valence-electron chi connectivity index (χ0n) is 5.79. The Morgan fingerprint density at radius 3 is 3.00 bits per heavy atom. The van der Waals surface area contributed by atoms with Crippen molar-refractivity contribution in [1.82, 2.24) is 9.36 Å². The monoisotopic (exact) mass is 298 g/mol. The molecule has 0 spiro atoms. The molecule has 0 bridgehead atoms. The molecule has 0 amide bonds. The van der Waals surface area contributed by atoms with Crippen LogP contribution in [0.3, 0.4) is 0 Å². The maximum atomic E-state index is 4.37. The van der Waals surface area contributed by atoms with Gasteiger partial charge in [0.25, 0.3) is 0 Å². The largest absolute Gasteiger partial charge is 0.212 e. The van der Waals surface area contributed by atoms with E-state index >= 15 is 0 Å². The summed E-state index contributed by atoms with van der Waals surface area (Å²) in [5.41, 5.74) is 0. The number of aromatic nitrogens is 2. The van der Waals surface area contributed by atoms with Crippen LogP contribution < -0.4 is 0 Å². The Balaban J connectivity index is 2.15. The molecule has 1 saturated heterocycles. The van der Waals surface area contributed by atoms with Gasteiger partial charge in [0, 0.05) is 0 Å². The van der Waals surface area contributed by atoms with Gasteiger partial charge in [0.15, 0.2) is 8.84 Å². The van der Waals surface area contributed by atoms with Crippen LogP contribution in [0.2, 0.25) is 0 Å². The maximum absolute atomic E-state index is 4.37. The molecule has 2 nitrogen and oxygen atoms in total. The van der Waals surface area contributed by atoms with Gasteiger partial charge in [-0.3, -0.25) is 0 Å². The van der Waals surface area contributed by atoms with Crippen LogP contribution in [0.25, 0.3) is 0 Å². The minimum atomic E-state index is 0.592. The van der Waals surface area contributed by atoms with Gasteiger partial charge in [-0.1, -0.05) is 0 Å². The average Bonchev–Trinajstić information content (AvgIpc) is 2.55. The lowest BCUT2D eigenvalue weighted by molar-refractivity contribution is 0.791. The highest BCUT2D eigenvalue weighted by Gasteiger charge is 2.21. The molecule has 0 N–H and O–H groups in total. The van der Waals surface area contributed by atoms with E-state index in [9.17, 15) is 0 Å². The fraction of sp³-hybridized carbons (Fsp3) is 0.667. The molecule has 0 aromatic carbocycles. The quantitative estimate of drug-likeness (QED) is 0.746. The van der Waals surface area contributed by atoms with Gasteiger partial charge in [-0.2, -0.15) is 16.1 Å². The van der Waals surface area contributed by atoms with Crippen molar-refractivity contribution in [2.45, 2.75) is 18.1 Å². The number of halogens is 1. The molecule has 60 valence electrons. The Labute approximate surface area is 87.5 Å². The highest BCUT2D eigenvalue weighted by atomic mass is 127. The third-order valence-corrected chi connectivity index (χ3v) is 4.36. The van der Waals surface area contributed by atoms with Crippen molar-refractivity contribution in [3.05, 3.63) is 8.84 Å². The Bertz CT molecular complexity index is 244. The first-order valence-corrected chi connectivity index (χ1v) is 6.37. The standard InChI is InChI=1S/C6H7IN2S2/c7-6-8-5(9-11-6)4-2-1-3-10-4/h4H,1-3H2. The Kier molecular flexibility index (Phi) is 2.68. The normalized spacial score (nSPS) is 24.3. The molecule has 5 heteroatoms. The van der Waals surface area contributed by atoms with Crippen molar-refractivity contribution in [2.24, 2.45) is 0 Å². The van der Waals surface area contributed by atoms with E-state index in [-0.39, 0.29) is 0 Å². The lowest BCUT2D eigenvalue weighted by atomic mass is 10.2. The highest BCUT2D eigenvalue weighted by Crippen LogP contribution is 2.38. The van der Waals surface area contributed by atoms with Crippen LogP contribution in [0.15, 0.2) is 0 Å². The van der Waals surface area contributed by atoms with Crippen molar-refractivity contribution in [1.29, 1.82) is 0 Å². The zero-order chi connectivity index (χ0) is 7.68.